The second kappa shape index (κ2) is 7.55. The van der Waals surface area contributed by atoms with Crippen molar-refractivity contribution >= 4 is 54.5 Å². The molecule has 11 heteroatoms. The van der Waals surface area contributed by atoms with Gasteiger partial charge in [-0.2, -0.15) is 10.0 Å². The molecular formula is C17H21ClN4O4S2. The lowest BCUT2D eigenvalue weighted by Gasteiger charge is -2.29. The van der Waals surface area contributed by atoms with Crippen LogP contribution in [0.4, 0.5) is 0 Å². The summed E-state index contributed by atoms with van der Waals surface area (Å²) < 4.78 is 29.4. The molecule has 1 saturated heterocycles. The molecule has 1 saturated carbocycles. The van der Waals surface area contributed by atoms with Crippen LogP contribution in [0.2, 0.25) is 0 Å². The molecule has 2 unspecified atom stereocenters. The number of thioether (sulfide) groups is 1. The monoisotopic (exact) mass is 444 g/mol. The molecule has 0 aromatic heterocycles. The quantitative estimate of drug-likeness (QED) is 0.517. The van der Waals surface area contributed by atoms with Crippen molar-refractivity contribution < 1.29 is 17.9 Å². The summed E-state index contributed by atoms with van der Waals surface area (Å²) in [5.74, 6) is -0.249. The van der Waals surface area contributed by atoms with Crippen molar-refractivity contribution in [3.05, 3.63) is 11.6 Å². The van der Waals surface area contributed by atoms with E-state index in [0.29, 0.717) is 5.92 Å². The number of nitrogens with zero attached hydrogens (tertiary/aromatic N) is 3. The molecule has 8 nitrogen and oxygen atoms in total. The number of halogens is 1. The minimum atomic E-state index is -3.54. The van der Waals surface area contributed by atoms with Crippen LogP contribution in [-0.2, 0) is 19.4 Å². The van der Waals surface area contributed by atoms with Crippen LogP contribution in [0.15, 0.2) is 21.7 Å². The van der Waals surface area contributed by atoms with E-state index in [2.05, 4.69) is 10.1 Å². The number of amides is 1. The van der Waals surface area contributed by atoms with Crippen molar-refractivity contribution in [2.45, 2.75) is 56.1 Å². The van der Waals surface area contributed by atoms with Crippen LogP contribution in [0.5, 0.6) is 0 Å². The van der Waals surface area contributed by atoms with Crippen LogP contribution < -0.4 is 0 Å². The molecule has 1 N–H and O–H groups in total. The molecule has 0 spiro atoms. The first-order chi connectivity index (χ1) is 13.2. The van der Waals surface area contributed by atoms with E-state index in [1.807, 2.05) is 0 Å². The Labute approximate surface area is 172 Å². The number of fused-ring (bicyclic) bond motifs is 1. The zero-order valence-electron chi connectivity index (χ0n) is 15.3. The summed E-state index contributed by atoms with van der Waals surface area (Å²) in [5, 5.41) is 13.7. The molecular weight excluding hydrogens is 424 g/mol. The summed E-state index contributed by atoms with van der Waals surface area (Å²) in [5.41, 5.74) is 0.0953. The molecule has 4 aliphatic rings. The molecule has 2 atom stereocenters. The van der Waals surface area contributed by atoms with Crippen LogP contribution in [0.1, 0.15) is 38.5 Å². The molecule has 0 aromatic rings. The normalized spacial score (nSPS) is 35.2. The number of hydrogen-bond donors (Lipinski definition) is 1. The molecule has 4 rings (SSSR count). The van der Waals surface area contributed by atoms with Gasteiger partial charge in [0.1, 0.15) is 0 Å². The number of rotatable bonds is 2. The summed E-state index contributed by atoms with van der Waals surface area (Å²) in [6.45, 7) is 0. The highest BCUT2D eigenvalue weighted by molar-refractivity contribution is 8.42. The third-order valence-electron chi connectivity index (χ3n) is 5.42. The Hall–Kier alpha value is -1.23. The third kappa shape index (κ3) is 3.92. The SMILES string of the molecule is CS(=O)(=O)C1=NN2C(=N)/C(=C\C3CCC(C4CCC(Cl)CC4)O3)C(=O)N=C2S1. The lowest BCUT2D eigenvalue weighted by molar-refractivity contribution is -0.114. The number of nitrogens with one attached hydrogen (secondary N) is 1. The van der Waals surface area contributed by atoms with Gasteiger partial charge in [-0.25, -0.2) is 8.42 Å². The van der Waals surface area contributed by atoms with Gasteiger partial charge in [0.25, 0.3) is 5.91 Å². The predicted molar refractivity (Wildman–Crippen MR) is 109 cm³/mol. The lowest BCUT2D eigenvalue weighted by Crippen LogP contribution is -2.36. The number of carbonyl (C=O) groups excluding carboxylic acids is 1. The molecule has 0 bridgehead atoms. The van der Waals surface area contributed by atoms with Gasteiger partial charge in [-0.3, -0.25) is 10.2 Å². The maximum absolute atomic E-state index is 12.4. The van der Waals surface area contributed by atoms with E-state index in [-0.39, 0.29) is 38.5 Å². The van der Waals surface area contributed by atoms with Crippen LogP contribution in [0, 0.1) is 11.3 Å². The fourth-order valence-electron chi connectivity index (χ4n) is 3.94. The standard InChI is InChI=1S/C17H21ClN4O4S2/c1-28(24,25)17-21-22-14(19)12(15(23)20-16(22)27-17)8-11-6-7-13(26-11)9-2-4-10(18)5-3-9/h8-11,13,19H,2-7H2,1H3/b12-8+,19-14?. The Morgan fingerprint density at radius 2 is 1.96 bits per heavy atom. The molecule has 0 aromatic carbocycles. The van der Waals surface area contributed by atoms with Gasteiger partial charge < -0.3 is 4.74 Å². The minimum Gasteiger partial charge on any atom is -0.371 e. The second-order valence-corrected chi connectivity index (χ2v) is 11.2. The van der Waals surface area contributed by atoms with E-state index in [1.54, 1.807) is 6.08 Å². The Bertz CT molecular complexity index is 906. The van der Waals surface area contributed by atoms with Crippen LogP contribution in [0.3, 0.4) is 0 Å². The summed E-state index contributed by atoms with van der Waals surface area (Å²) in [4.78, 5) is 16.3. The smallest absolute Gasteiger partial charge is 0.283 e. The number of hydrogen-bond acceptors (Lipinski definition) is 7. The fourth-order valence-corrected chi connectivity index (χ4v) is 5.88. The Kier molecular flexibility index (Phi) is 5.41. The summed E-state index contributed by atoms with van der Waals surface area (Å²) in [6.07, 6.45) is 8.37. The van der Waals surface area contributed by atoms with Gasteiger partial charge in [0.2, 0.25) is 19.4 Å². The molecule has 3 aliphatic heterocycles. The minimum absolute atomic E-state index is 0.0932. The van der Waals surface area contributed by atoms with Gasteiger partial charge >= 0.3 is 0 Å². The highest BCUT2D eigenvalue weighted by atomic mass is 35.5. The van der Waals surface area contributed by atoms with E-state index in [4.69, 9.17) is 21.7 Å². The van der Waals surface area contributed by atoms with Crippen molar-refractivity contribution in [2.75, 3.05) is 6.26 Å². The van der Waals surface area contributed by atoms with E-state index in [0.717, 1.165) is 61.6 Å². The average molecular weight is 445 g/mol. The molecule has 28 heavy (non-hydrogen) atoms. The van der Waals surface area contributed by atoms with E-state index in [9.17, 15) is 13.2 Å². The van der Waals surface area contributed by atoms with Crippen LogP contribution in [0.25, 0.3) is 0 Å². The highest BCUT2D eigenvalue weighted by Gasteiger charge is 2.40. The molecule has 2 fully saturated rings. The van der Waals surface area contributed by atoms with E-state index < -0.39 is 15.7 Å². The van der Waals surface area contributed by atoms with E-state index in [1.165, 1.54) is 0 Å². The first kappa shape index (κ1) is 20.1. The summed E-state index contributed by atoms with van der Waals surface area (Å²) in [6, 6.07) is 0. The maximum Gasteiger partial charge on any atom is 0.283 e. The topological polar surface area (TPSA) is 112 Å². The zero-order chi connectivity index (χ0) is 20.1. The zero-order valence-corrected chi connectivity index (χ0v) is 17.7. The third-order valence-corrected chi connectivity index (χ3v) is 8.43. The van der Waals surface area contributed by atoms with Gasteiger partial charge in [0.15, 0.2) is 5.84 Å². The van der Waals surface area contributed by atoms with Crippen molar-refractivity contribution in [3.8, 4) is 0 Å². The molecule has 152 valence electrons. The number of sulfone groups is 1. The largest absolute Gasteiger partial charge is 0.371 e. The van der Waals surface area contributed by atoms with Crippen molar-refractivity contribution in [1.82, 2.24) is 5.01 Å². The first-order valence-electron chi connectivity index (χ1n) is 9.22. The Morgan fingerprint density at radius 1 is 1.25 bits per heavy atom. The van der Waals surface area contributed by atoms with E-state index >= 15 is 0 Å². The Balaban J connectivity index is 1.48. The van der Waals surface area contributed by atoms with Crippen molar-refractivity contribution in [2.24, 2.45) is 16.0 Å². The number of alkyl halides is 1. The fraction of sp³-hybridized carbons (Fsp3) is 0.647. The van der Waals surface area contributed by atoms with Gasteiger partial charge in [-0.15, -0.1) is 16.7 Å². The number of hydrazone groups is 1. The molecule has 3 heterocycles. The molecule has 0 radical (unpaired) electrons. The number of aliphatic imine (C=N–C) groups is 1. The average Bonchev–Trinajstić information content (AvgIpc) is 3.26. The molecule has 1 amide bonds. The van der Waals surface area contributed by atoms with Gasteiger partial charge in [-0.05, 0) is 62.3 Å². The number of amidine groups is 2. The Morgan fingerprint density at radius 3 is 2.64 bits per heavy atom. The van der Waals surface area contributed by atoms with Crippen molar-refractivity contribution in [1.29, 1.82) is 5.41 Å². The van der Waals surface area contributed by atoms with Crippen LogP contribution >= 0.6 is 23.4 Å². The van der Waals surface area contributed by atoms with Gasteiger partial charge in [-0.1, -0.05) is 0 Å². The lowest BCUT2D eigenvalue weighted by atomic mass is 9.84. The number of ether oxygens (including phenoxy) is 1. The highest BCUT2D eigenvalue weighted by Crippen LogP contribution is 2.37. The summed E-state index contributed by atoms with van der Waals surface area (Å²) >= 11 is 6.96. The van der Waals surface area contributed by atoms with Crippen LogP contribution in [-0.4, -0.2) is 58.6 Å². The summed E-state index contributed by atoms with van der Waals surface area (Å²) in [7, 11) is -3.54. The van der Waals surface area contributed by atoms with Gasteiger partial charge in [0.05, 0.1) is 17.8 Å². The second-order valence-electron chi connectivity index (χ2n) is 7.48. The molecule has 1 aliphatic carbocycles. The number of carbonyl (C=O) groups is 1. The van der Waals surface area contributed by atoms with Gasteiger partial charge in [0, 0.05) is 11.6 Å². The maximum atomic E-state index is 12.4. The first-order valence-corrected chi connectivity index (χ1v) is 12.4. The van der Waals surface area contributed by atoms with Crippen molar-refractivity contribution in [3.63, 3.8) is 0 Å². The predicted octanol–water partition coefficient (Wildman–Crippen LogP) is 2.50.